The van der Waals surface area contributed by atoms with Gasteiger partial charge in [-0.25, -0.2) is 0 Å². The molecule has 0 radical (unpaired) electrons. The molecule has 1 aliphatic heterocycles. The zero-order chi connectivity index (χ0) is 18.6. The molecule has 1 saturated heterocycles. The van der Waals surface area contributed by atoms with Gasteiger partial charge in [0.15, 0.2) is 5.96 Å². The van der Waals surface area contributed by atoms with E-state index in [4.69, 9.17) is 0 Å². The number of halogens is 3. The molecule has 1 saturated carbocycles. The molecule has 26 heavy (non-hydrogen) atoms. The topological polar surface area (TPSA) is 39.7 Å². The highest BCUT2D eigenvalue weighted by molar-refractivity contribution is 5.80. The first kappa shape index (κ1) is 19.0. The van der Waals surface area contributed by atoms with Gasteiger partial charge in [0.05, 0.1) is 5.56 Å². The molecule has 2 fully saturated rings. The van der Waals surface area contributed by atoms with Crippen LogP contribution in [-0.4, -0.2) is 43.6 Å². The second-order valence-electron chi connectivity index (χ2n) is 7.29. The van der Waals surface area contributed by atoms with Crippen molar-refractivity contribution >= 4 is 5.96 Å². The van der Waals surface area contributed by atoms with Gasteiger partial charge in [0, 0.05) is 39.3 Å². The minimum absolute atomic E-state index is 0.316. The number of aliphatic imine (C=N–C) groups is 1. The predicted molar refractivity (Wildman–Crippen MR) is 97.0 cm³/mol. The number of rotatable bonds is 6. The molecule has 0 spiro atoms. The van der Waals surface area contributed by atoms with Crippen LogP contribution in [0.15, 0.2) is 29.3 Å². The molecule has 1 atom stereocenters. The number of alkyl halides is 3. The summed E-state index contributed by atoms with van der Waals surface area (Å²) in [4.78, 5) is 6.54. The fraction of sp³-hybridized carbons (Fsp3) is 0.632. The van der Waals surface area contributed by atoms with E-state index < -0.39 is 11.7 Å². The van der Waals surface area contributed by atoms with E-state index in [9.17, 15) is 13.2 Å². The maximum Gasteiger partial charge on any atom is 0.416 e. The van der Waals surface area contributed by atoms with Crippen LogP contribution in [0.3, 0.4) is 0 Å². The van der Waals surface area contributed by atoms with E-state index in [2.05, 4.69) is 20.5 Å². The lowest BCUT2D eigenvalue weighted by Crippen LogP contribution is -2.44. The van der Waals surface area contributed by atoms with Crippen molar-refractivity contribution in [3.8, 4) is 0 Å². The number of likely N-dealkylation sites (tertiary alicyclic amines) is 1. The maximum atomic E-state index is 12.6. The normalized spacial score (nSPS) is 21.8. The summed E-state index contributed by atoms with van der Waals surface area (Å²) in [6.45, 7) is 3.42. The number of nitrogens with zero attached hydrogens (tertiary/aromatic N) is 2. The van der Waals surface area contributed by atoms with Crippen molar-refractivity contribution in [2.24, 2.45) is 10.9 Å². The van der Waals surface area contributed by atoms with Crippen LogP contribution in [0.4, 0.5) is 13.2 Å². The zero-order valence-electron chi connectivity index (χ0n) is 15.1. The number of nitrogens with one attached hydrogen (secondary N) is 2. The SMILES string of the molecule is CN=C(NCCC1CC1)NC1CCN(Cc2ccc(C(F)(F)F)cc2)C1. The zero-order valence-corrected chi connectivity index (χ0v) is 15.1. The van der Waals surface area contributed by atoms with Crippen LogP contribution in [0.5, 0.6) is 0 Å². The van der Waals surface area contributed by atoms with Crippen LogP contribution >= 0.6 is 0 Å². The van der Waals surface area contributed by atoms with Crippen molar-refractivity contribution in [1.82, 2.24) is 15.5 Å². The molecule has 0 amide bonds. The second-order valence-corrected chi connectivity index (χ2v) is 7.29. The molecule has 1 aliphatic carbocycles. The second kappa shape index (κ2) is 8.29. The Labute approximate surface area is 152 Å². The first-order valence-corrected chi connectivity index (χ1v) is 9.29. The average Bonchev–Trinajstić information content (AvgIpc) is 3.32. The smallest absolute Gasteiger partial charge is 0.356 e. The quantitative estimate of drug-likeness (QED) is 0.598. The van der Waals surface area contributed by atoms with Gasteiger partial charge in [-0.2, -0.15) is 13.2 Å². The molecule has 1 aromatic carbocycles. The maximum absolute atomic E-state index is 12.6. The summed E-state index contributed by atoms with van der Waals surface area (Å²) in [5.41, 5.74) is 0.314. The van der Waals surface area contributed by atoms with Crippen LogP contribution in [0.1, 0.15) is 36.8 Å². The van der Waals surface area contributed by atoms with Crippen molar-refractivity contribution in [2.45, 2.75) is 44.4 Å². The van der Waals surface area contributed by atoms with Gasteiger partial charge in [-0.15, -0.1) is 0 Å². The van der Waals surface area contributed by atoms with Gasteiger partial charge in [0.1, 0.15) is 0 Å². The predicted octanol–water partition coefficient (Wildman–Crippen LogP) is 3.24. The minimum atomic E-state index is -4.27. The van der Waals surface area contributed by atoms with Gasteiger partial charge in [-0.3, -0.25) is 9.89 Å². The van der Waals surface area contributed by atoms with E-state index in [0.29, 0.717) is 12.6 Å². The molecule has 0 aromatic heterocycles. The van der Waals surface area contributed by atoms with E-state index in [1.807, 2.05) is 0 Å². The minimum Gasteiger partial charge on any atom is -0.356 e. The van der Waals surface area contributed by atoms with Gasteiger partial charge in [-0.05, 0) is 36.5 Å². The molecule has 7 heteroatoms. The molecule has 0 bridgehead atoms. The largest absolute Gasteiger partial charge is 0.416 e. The highest BCUT2D eigenvalue weighted by Crippen LogP contribution is 2.31. The van der Waals surface area contributed by atoms with Crippen LogP contribution in [0.2, 0.25) is 0 Å². The van der Waals surface area contributed by atoms with E-state index in [1.165, 1.54) is 19.3 Å². The Balaban J connectivity index is 1.42. The Hall–Kier alpha value is -1.76. The first-order valence-electron chi connectivity index (χ1n) is 9.29. The first-order chi connectivity index (χ1) is 12.4. The van der Waals surface area contributed by atoms with Crippen molar-refractivity contribution in [3.63, 3.8) is 0 Å². The van der Waals surface area contributed by atoms with Crippen molar-refractivity contribution in [2.75, 3.05) is 26.7 Å². The monoisotopic (exact) mass is 368 g/mol. The summed E-state index contributed by atoms with van der Waals surface area (Å²) < 4.78 is 37.9. The van der Waals surface area contributed by atoms with Crippen LogP contribution < -0.4 is 10.6 Å². The van der Waals surface area contributed by atoms with E-state index >= 15 is 0 Å². The fourth-order valence-corrected chi connectivity index (χ4v) is 3.34. The van der Waals surface area contributed by atoms with Crippen molar-refractivity contribution < 1.29 is 13.2 Å². The van der Waals surface area contributed by atoms with Crippen molar-refractivity contribution in [1.29, 1.82) is 0 Å². The van der Waals surface area contributed by atoms with Gasteiger partial charge >= 0.3 is 6.18 Å². The van der Waals surface area contributed by atoms with Crippen LogP contribution in [-0.2, 0) is 12.7 Å². The van der Waals surface area contributed by atoms with Crippen LogP contribution in [0, 0.1) is 5.92 Å². The summed E-state index contributed by atoms with van der Waals surface area (Å²) in [5, 5.41) is 6.82. The van der Waals surface area contributed by atoms with Gasteiger partial charge in [-0.1, -0.05) is 25.0 Å². The Morgan fingerprint density at radius 3 is 2.54 bits per heavy atom. The summed E-state index contributed by atoms with van der Waals surface area (Å²) in [5.74, 6) is 1.73. The Morgan fingerprint density at radius 1 is 1.19 bits per heavy atom. The van der Waals surface area contributed by atoms with Crippen LogP contribution in [0.25, 0.3) is 0 Å². The third-order valence-electron chi connectivity index (χ3n) is 5.07. The molecule has 144 valence electrons. The van der Waals surface area contributed by atoms with E-state index in [1.54, 1.807) is 19.2 Å². The number of hydrogen-bond acceptors (Lipinski definition) is 2. The lowest BCUT2D eigenvalue weighted by atomic mass is 10.1. The average molecular weight is 368 g/mol. The van der Waals surface area contributed by atoms with E-state index in [0.717, 1.165) is 55.6 Å². The highest BCUT2D eigenvalue weighted by Gasteiger charge is 2.30. The Kier molecular flexibility index (Phi) is 6.06. The fourth-order valence-electron chi connectivity index (χ4n) is 3.34. The van der Waals surface area contributed by atoms with Gasteiger partial charge < -0.3 is 10.6 Å². The summed E-state index contributed by atoms with van der Waals surface area (Å²) in [6, 6.07) is 5.78. The number of benzene rings is 1. The molecule has 1 aromatic rings. The standard InChI is InChI=1S/C19H27F3N4/c1-23-18(24-10-8-14-2-3-14)25-17-9-11-26(13-17)12-15-4-6-16(7-5-15)19(20,21)22/h4-7,14,17H,2-3,8-13H2,1H3,(H2,23,24,25). The van der Waals surface area contributed by atoms with Crippen molar-refractivity contribution in [3.05, 3.63) is 35.4 Å². The molecule has 3 rings (SSSR count). The molecular weight excluding hydrogens is 341 g/mol. The Morgan fingerprint density at radius 2 is 1.92 bits per heavy atom. The third-order valence-corrected chi connectivity index (χ3v) is 5.07. The summed E-state index contributed by atoms with van der Waals surface area (Å²) in [6.07, 6.45) is 0.642. The highest BCUT2D eigenvalue weighted by atomic mass is 19.4. The summed E-state index contributed by atoms with van der Waals surface area (Å²) in [7, 11) is 1.78. The molecule has 2 aliphatic rings. The molecular formula is C19H27F3N4. The number of hydrogen-bond donors (Lipinski definition) is 2. The summed E-state index contributed by atoms with van der Waals surface area (Å²) >= 11 is 0. The molecule has 2 N–H and O–H groups in total. The molecule has 1 unspecified atom stereocenters. The lowest BCUT2D eigenvalue weighted by Gasteiger charge is -2.19. The lowest BCUT2D eigenvalue weighted by molar-refractivity contribution is -0.137. The van der Waals surface area contributed by atoms with Gasteiger partial charge in [0.2, 0.25) is 0 Å². The molecule has 1 heterocycles. The third kappa shape index (κ3) is 5.62. The molecule has 4 nitrogen and oxygen atoms in total. The Bertz CT molecular complexity index is 608. The number of guanidine groups is 1. The van der Waals surface area contributed by atoms with E-state index in [-0.39, 0.29) is 0 Å². The van der Waals surface area contributed by atoms with Gasteiger partial charge in [0.25, 0.3) is 0 Å².